The first-order chi connectivity index (χ1) is 13.8. The van der Waals surface area contributed by atoms with E-state index in [4.69, 9.17) is 4.74 Å². The zero-order valence-electron chi connectivity index (χ0n) is 17.6. The van der Waals surface area contributed by atoms with E-state index in [1.165, 1.54) is 17.1 Å². The molecule has 1 amide bonds. The van der Waals surface area contributed by atoms with Crippen molar-refractivity contribution in [1.29, 1.82) is 0 Å². The van der Waals surface area contributed by atoms with E-state index in [2.05, 4.69) is 19.2 Å². The molecule has 3 atom stereocenters. The van der Waals surface area contributed by atoms with E-state index in [9.17, 15) is 13.2 Å². The molecule has 1 saturated heterocycles. The van der Waals surface area contributed by atoms with E-state index in [-0.39, 0.29) is 16.8 Å². The van der Waals surface area contributed by atoms with Gasteiger partial charge in [-0.05, 0) is 42.5 Å². The number of hydrogen-bond acceptors (Lipinski definition) is 5. The number of rotatable bonds is 6. The second-order valence-electron chi connectivity index (χ2n) is 8.30. The lowest BCUT2D eigenvalue weighted by Crippen LogP contribution is -2.52. The number of nitrogens with one attached hydrogen (secondary N) is 1. The Morgan fingerprint density at radius 3 is 2.38 bits per heavy atom. The van der Waals surface area contributed by atoms with Crippen molar-refractivity contribution in [2.24, 2.45) is 11.8 Å². The van der Waals surface area contributed by atoms with Crippen molar-refractivity contribution in [1.82, 2.24) is 14.5 Å². The highest BCUT2D eigenvalue weighted by atomic mass is 32.2. The van der Waals surface area contributed by atoms with Crippen molar-refractivity contribution in [2.45, 2.75) is 44.0 Å². The first kappa shape index (κ1) is 22.1. The van der Waals surface area contributed by atoms with Gasteiger partial charge in [0.15, 0.2) is 0 Å². The van der Waals surface area contributed by atoms with Gasteiger partial charge >= 0.3 is 0 Å². The normalized spacial score (nSPS) is 26.8. The molecule has 162 valence electrons. The van der Waals surface area contributed by atoms with E-state index in [1.807, 2.05) is 4.90 Å². The number of nitrogens with zero attached hydrogens (tertiary/aromatic N) is 2. The molecule has 29 heavy (non-hydrogen) atoms. The number of carbonyl (C=O) groups is 1. The third kappa shape index (κ3) is 5.29. The number of carbonyl (C=O) groups excluding carboxylic acids is 1. The monoisotopic (exact) mass is 423 g/mol. The van der Waals surface area contributed by atoms with Crippen LogP contribution in [0.4, 0.5) is 0 Å². The number of hydrogen-bond donors (Lipinski definition) is 1. The Morgan fingerprint density at radius 2 is 1.76 bits per heavy atom. The third-order valence-electron chi connectivity index (χ3n) is 6.45. The molecule has 0 spiro atoms. The summed E-state index contributed by atoms with van der Waals surface area (Å²) >= 11 is 0. The summed E-state index contributed by atoms with van der Waals surface area (Å²) < 4.78 is 32.3. The SMILES string of the molecule is COc1ccc(S(=O)(=O)N2CCN(CC(=O)NC3CCCC(C)C3C)CC2)cc1. The molecular formula is C21H33N3O4S. The molecule has 7 nitrogen and oxygen atoms in total. The summed E-state index contributed by atoms with van der Waals surface area (Å²) in [5.74, 6) is 1.81. The Labute approximate surface area is 174 Å². The smallest absolute Gasteiger partial charge is 0.243 e. The van der Waals surface area contributed by atoms with Crippen LogP contribution in [0.5, 0.6) is 5.75 Å². The number of piperazine rings is 1. The summed E-state index contributed by atoms with van der Waals surface area (Å²) in [5.41, 5.74) is 0. The van der Waals surface area contributed by atoms with E-state index in [0.717, 1.165) is 6.42 Å². The van der Waals surface area contributed by atoms with Gasteiger partial charge in [-0.15, -0.1) is 0 Å². The van der Waals surface area contributed by atoms with Crippen molar-refractivity contribution in [3.05, 3.63) is 24.3 Å². The van der Waals surface area contributed by atoms with Gasteiger partial charge in [0.2, 0.25) is 15.9 Å². The van der Waals surface area contributed by atoms with E-state index in [1.54, 1.807) is 31.4 Å². The maximum Gasteiger partial charge on any atom is 0.243 e. The lowest BCUT2D eigenvalue weighted by atomic mass is 9.78. The highest BCUT2D eigenvalue weighted by Gasteiger charge is 2.31. The highest BCUT2D eigenvalue weighted by molar-refractivity contribution is 7.89. The molecule has 0 bridgehead atoms. The molecular weight excluding hydrogens is 390 g/mol. The topological polar surface area (TPSA) is 79.0 Å². The summed E-state index contributed by atoms with van der Waals surface area (Å²) in [7, 11) is -1.97. The average Bonchev–Trinajstić information content (AvgIpc) is 2.72. The lowest BCUT2D eigenvalue weighted by Gasteiger charge is -2.36. The van der Waals surface area contributed by atoms with Gasteiger partial charge in [-0.2, -0.15) is 4.31 Å². The molecule has 2 fully saturated rings. The van der Waals surface area contributed by atoms with E-state index in [0.29, 0.717) is 50.3 Å². The van der Waals surface area contributed by atoms with Gasteiger partial charge in [-0.1, -0.05) is 26.7 Å². The Morgan fingerprint density at radius 1 is 1.10 bits per heavy atom. The minimum absolute atomic E-state index is 0.0439. The Balaban J connectivity index is 1.50. The van der Waals surface area contributed by atoms with Gasteiger partial charge in [-0.3, -0.25) is 9.69 Å². The van der Waals surface area contributed by atoms with Crippen LogP contribution < -0.4 is 10.1 Å². The Hall–Kier alpha value is -1.64. The van der Waals surface area contributed by atoms with Crippen LogP contribution in [0.3, 0.4) is 0 Å². The molecule has 1 N–H and O–H groups in total. The van der Waals surface area contributed by atoms with Gasteiger partial charge in [0.05, 0.1) is 18.6 Å². The van der Waals surface area contributed by atoms with Gasteiger partial charge in [0.25, 0.3) is 0 Å². The largest absolute Gasteiger partial charge is 0.497 e. The quantitative estimate of drug-likeness (QED) is 0.757. The minimum Gasteiger partial charge on any atom is -0.497 e. The van der Waals surface area contributed by atoms with E-state index < -0.39 is 10.0 Å². The molecule has 1 heterocycles. The Kier molecular flexibility index (Phi) is 7.19. The number of benzene rings is 1. The highest BCUT2D eigenvalue weighted by Crippen LogP contribution is 2.29. The standard InChI is InChI=1S/C21H33N3O4S/c1-16-5-4-6-20(17(16)2)22-21(25)15-23-11-13-24(14-12-23)29(26,27)19-9-7-18(28-3)8-10-19/h7-10,16-17,20H,4-6,11-15H2,1-3H3,(H,22,25). The summed E-state index contributed by atoms with van der Waals surface area (Å²) in [6, 6.07) is 6.70. The predicted octanol–water partition coefficient (Wildman–Crippen LogP) is 1.94. The van der Waals surface area contributed by atoms with Crippen molar-refractivity contribution in [2.75, 3.05) is 39.8 Å². The van der Waals surface area contributed by atoms with Gasteiger partial charge < -0.3 is 10.1 Å². The summed E-state index contributed by atoms with van der Waals surface area (Å²) in [4.78, 5) is 14.8. The van der Waals surface area contributed by atoms with Crippen LogP contribution in [0.15, 0.2) is 29.2 Å². The average molecular weight is 424 g/mol. The zero-order valence-corrected chi connectivity index (χ0v) is 18.5. The molecule has 1 aromatic rings. The van der Waals surface area contributed by atoms with Gasteiger partial charge in [0.1, 0.15) is 5.75 Å². The molecule has 3 rings (SSSR count). The molecule has 3 unspecified atom stereocenters. The number of ether oxygens (including phenoxy) is 1. The summed E-state index contributed by atoms with van der Waals surface area (Å²) in [6.45, 7) is 6.69. The van der Waals surface area contributed by atoms with Crippen LogP contribution in [0.1, 0.15) is 33.1 Å². The number of methoxy groups -OCH3 is 1. The molecule has 1 aliphatic heterocycles. The fourth-order valence-electron chi connectivity index (χ4n) is 4.27. The second-order valence-corrected chi connectivity index (χ2v) is 10.2. The van der Waals surface area contributed by atoms with Crippen LogP contribution in [0.25, 0.3) is 0 Å². The first-order valence-corrected chi connectivity index (χ1v) is 11.9. The molecule has 0 radical (unpaired) electrons. The van der Waals surface area contributed by atoms with Crippen LogP contribution in [0, 0.1) is 11.8 Å². The van der Waals surface area contributed by atoms with Crippen molar-refractivity contribution in [3.8, 4) is 5.75 Å². The van der Waals surface area contributed by atoms with Crippen LogP contribution in [-0.4, -0.2) is 69.4 Å². The molecule has 1 aromatic carbocycles. The summed E-state index contributed by atoms with van der Waals surface area (Å²) in [6.07, 6.45) is 3.45. The minimum atomic E-state index is -3.52. The fraction of sp³-hybridized carbons (Fsp3) is 0.667. The van der Waals surface area contributed by atoms with Crippen LogP contribution in [0.2, 0.25) is 0 Å². The number of amides is 1. The summed E-state index contributed by atoms with van der Waals surface area (Å²) in [5, 5.41) is 3.20. The Bertz CT molecular complexity index is 789. The van der Waals surface area contributed by atoms with Crippen molar-refractivity contribution in [3.63, 3.8) is 0 Å². The van der Waals surface area contributed by atoms with E-state index >= 15 is 0 Å². The second kappa shape index (κ2) is 9.45. The molecule has 2 aliphatic rings. The molecule has 1 aliphatic carbocycles. The number of sulfonamides is 1. The van der Waals surface area contributed by atoms with Crippen molar-refractivity contribution >= 4 is 15.9 Å². The molecule has 1 saturated carbocycles. The maximum absolute atomic E-state index is 12.8. The molecule has 8 heteroatoms. The maximum atomic E-state index is 12.8. The lowest BCUT2D eigenvalue weighted by molar-refractivity contribution is -0.124. The molecule has 0 aromatic heterocycles. The fourth-order valence-corrected chi connectivity index (χ4v) is 5.69. The first-order valence-electron chi connectivity index (χ1n) is 10.5. The van der Waals surface area contributed by atoms with Crippen LogP contribution >= 0.6 is 0 Å². The third-order valence-corrected chi connectivity index (χ3v) is 8.36. The predicted molar refractivity (Wildman–Crippen MR) is 112 cm³/mol. The van der Waals surface area contributed by atoms with Crippen molar-refractivity contribution < 1.29 is 17.9 Å². The zero-order chi connectivity index (χ0) is 21.0. The van der Waals surface area contributed by atoms with Gasteiger partial charge in [-0.25, -0.2) is 8.42 Å². The van der Waals surface area contributed by atoms with Crippen LogP contribution in [-0.2, 0) is 14.8 Å². The van der Waals surface area contributed by atoms with Gasteiger partial charge in [0, 0.05) is 32.2 Å².